The van der Waals surface area contributed by atoms with Gasteiger partial charge in [-0.15, -0.1) is 0 Å². The first kappa shape index (κ1) is 18.6. The number of nitrogens with one attached hydrogen (secondary N) is 2. The van der Waals surface area contributed by atoms with Crippen molar-refractivity contribution in [2.45, 2.75) is 20.0 Å². The first-order valence-electron chi connectivity index (χ1n) is 8.20. The summed E-state index contributed by atoms with van der Waals surface area (Å²) >= 11 is 0. The Balaban J connectivity index is 1.61. The van der Waals surface area contributed by atoms with Crippen LogP contribution in [0.2, 0.25) is 0 Å². The Morgan fingerprint density at radius 1 is 1.11 bits per heavy atom. The fourth-order valence-corrected chi connectivity index (χ4v) is 2.55. The predicted octanol–water partition coefficient (Wildman–Crippen LogP) is 3.22. The minimum absolute atomic E-state index is 0.200. The van der Waals surface area contributed by atoms with E-state index in [0.717, 1.165) is 17.5 Å². The summed E-state index contributed by atoms with van der Waals surface area (Å²) in [6, 6.07) is 4.18. The van der Waals surface area contributed by atoms with Gasteiger partial charge in [-0.1, -0.05) is 0 Å². The highest BCUT2D eigenvalue weighted by atomic mass is 19.4. The van der Waals surface area contributed by atoms with Gasteiger partial charge < -0.3 is 10.6 Å². The standard InChI is InChI=1S/C17H18F3N7/c1-11-8-12(2)27(26-11)15-10-21-9-14(25-15)22-6-7-24-16-13(17(18,19)20)4-3-5-23-16/h3-5,8-10H,6-7H2,1-2H3,(H,22,25)(H,23,24). The molecule has 0 bridgehead atoms. The van der Waals surface area contributed by atoms with E-state index < -0.39 is 11.7 Å². The highest BCUT2D eigenvalue weighted by Gasteiger charge is 2.33. The number of anilines is 2. The summed E-state index contributed by atoms with van der Waals surface area (Å²) in [6.07, 6.45) is -0.0125. The summed E-state index contributed by atoms with van der Waals surface area (Å²) in [5, 5.41) is 10.1. The second-order valence-corrected chi connectivity index (χ2v) is 5.85. The van der Waals surface area contributed by atoms with E-state index in [1.54, 1.807) is 10.9 Å². The van der Waals surface area contributed by atoms with Gasteiger partial charge in [-0.2, -0.15) is 18.3 Å². The molecule has 0 aromatic carbocycles. The summed E-state index contributed by atoms with van der Waals surface area (Å²) in [6.45, 7) is 4.36. The average molecular weight is 377 g/mol. The van der Waals surface area contributed by atoms with Crippen LogP contribution in [0.15, 0.2) is 36.8 Å². The van der Waals surface area contributed by atoms with Crippen LogP contribution in [-0.4, -0.2) is 37.8 Å². The van der Waals surface area contributed by atoms with Crippen LogP contribution in [0, 0.1) is 13.8 Å². The molecule has 3 aromatic rings. The average Bonchev–Trinajstić information content (AvgIpc) is 2.97. The van der Waals surface area contributed by atoms with Crippen LogP contribution in [0.1, 0.15) is 17.0 Å². The molecule has 0 spiro atoms. The predicted molar refractivity (Wildman–Crippen MR) is 94.8 cm³/mol. The second-order valence-electron chi connectivity index (χ2n) is 5.85. The summed E-state index contributed by atoms with van der Waals surface area (Å²) in [5.74, 6) is 0.857. The molecule has 0 fully saturated rings. The Morgan fingerprint density at radius 2 is 1.89 bits per heavy atom. The number of aryl methyl sites for hydroxylation is 2. The molecule has 3 aromatic heterocycles. The fraction of sp³-hybridized carbons (Fsp3) is 0.294. The molecule has 0 radical (unpaired) electrons. The molecule has 142 valence electrons. The van der Waals surface area contributed by atoms with Gasteiger partial charge in [-0.25, -0.2) is 14.6 Å². The molecule has 0 aliphatic carbocycles. The molecule has 7 nitrogen and oxygen atoms in total. The van der Waals surface area contributed by atoms with E-state index in [1.807, 2.05) is 19.9 Å². The lowest BCUT2D eigenvalue weighted by Crippen LogP contribution is -2.18. The summed E-state index contributed by atoms with van der Waals surface area (Å²) in [4.78, 5) is 12.3. The molecule has 0 saturated heterocycles. The maximum absolute atomic E-state index is 12.9. The lowest BCUT2D eigenvalue weighted by molar-refractivity contribution is -0.137. The van der Waals surface area contributed by atoms with Gasteiger partial charge in [-0.05, 0) is 32.0 Å². The minimum Gasteiger partial charge on any atom is -0.368 e. The van der Waals surface area contributed by atoms with Crippen molar-refractivity contribution in [3.8, 4) is 5.82 Å². The summed E-state index contributed by atoms with van der Waals surface area (Å²) in [5.41, 5.74) is 0.999. The van der Waals surface area contributed by atoms with Gasteiger partial charge in [0.05, 0.1) is 23.7 Å². The zero-order valence-electron chi connectivity index (χ0n) is 14.7. The zero-order valence-corrected chi connectivity index (χ0v) is 14.7. The van der Waals surface area contributed by atoms with Crippen LogP contribution in [0.5, 0.6) is 0 Å². The third-order valence-electron chi connectivity index (χ3n) is 3.69. The number of halogens is 3. The molecule has 0 unspecified atom stereocenters. The Kier molecular flexibility index (Phi) is 5.24. The van der Waals surface area contributed by atoms with Crippen molar-refractivity contribution < 1.29 is 13.2 Å². The SMILES string of the molecule is Cc1cc(C)n(-c2cncc(NCCNc3ncccc3C(F)(F)F)n2)n1. The first-order valence-corrected chi connectivity index (χ1v) is 8.20. The van der Waals surface area contributed by atoms with Gasteiger partial charge in [0, 0.05) is 25.0 Å². The number of rotatable bonds is 6. The molecule has 2 N–H and O–H groups in total. The number of hydrogen-bond donors (Lipinski definition) is 2. The summed E-state index contributed by atoms with van der Waals surface area (Å²) < 4.78 is 40.5. The van der Waals surface area contributed by atoms with E-state index in [4.69, 9.17) is 0 Å². The molecule has 0 atom stereocenters. The Bertz CT molecular complexity index is 921. The van der Waals surface area contributed by atoms with Crippen molar-refractivity contribution in [2.24, 2.45) is 0 Å². The number of hydrogen-bond acceptors (Lipinski definition) is 6. The Morgan fingerprint density at radius 3 is 2.59 bits per heavy atom. The van der Waals surface area contributed by atoms with Crippen molar-refractivity contribution in [3.05, 3.63) is 53.7 Å². The van der Waals surface area contributed by atoms with Crippen LogP contribution < -0.4 is 10.6 Å². The van der Waals surface area contributed by atoms with E-state index in [1.165, 1.54) is 18.5 Å². The molecule has 3 rings (SSSR count). The highest BCUT2D eigenvalue weighted by Crippen LogP contribution is 2.33. The van der Waals surface area contributed by atoms with Crippen LogP contribution in [0.3, 0.4) is 0 Å². The van der Waals surface area contributed by atoms with Gasteiger partial charge in [0.25, 0.3) is 0 Å². The Labute approximate surface area is 153 Å². The highest BCUT2D eigenvalue weighted by molar-refractivity contribution is 5.46. The van der Waals surface area contributed by atoms with Crippen LogP contribution >= 0.6 is 0 Å². The lowest BCUT2D eigenvalue weighted by Gasteiger charge is -2.13. The van der Waals surface area contributed by atoms with Gasteiger partial charge in [0.2, 0.25) is 0 Å². The topological polar surface area (TPSA) is 80.5 Å². The maximum Gasteiger partial charge on any atom is 0.419 e. The molecule has 10 heteroatoms. The largest absolute Gasteiger partial charge is 0.419 e. The minimum atomic E-state index is -4.45. The van der Waals surface area contributed by atoms with Crippen molar-refractivity contribution >= 4 is 11.6 Å². The number of aromatic nitrogens is 5. The molecule has 0 amide bonds. The fourth-order valence-electron chi connectivity index (χ4n) is 2.55. The molecular weight excluding hydrogens is 359 g/mol. The van der Waals surface area contributed by atoms with E-state index in [0.29, 0.717) is 18.2 Å². The maximum atomic E-state index is 12.9. The third kappa shape index (κ3) is 4.52. The monoisotopic (exact) mass is 377 g/mol. The molecule has 27 heavy (non-hydrogen) atoms. The second kappa shape index (κ2) is 7.60. The van der Waals surface area contributed by atoms with Crippen molar-refractivity contribution in [3.63, 3.8) is 0 Å². The smallest absolute Gasteiger partial charge is 0.368 e. The van der Waals surface area contributed by atoms with Crippen molar-refractivity contribution in [2.75, 3.05) is 23.7 Å². The normalized spacial score (nSPS) is 11.4. The van der Waals surface area contributed by atoms with Crippen LogP contribution in [0.25, 0.3) is 5.82 Å². The molecule has 0 saturated carbocycles. The Hall–Kier alpha value is -3.17. The van der Waals surface area contributed by atoms with Gasteiger partial charge in [0.15, 0.2) is 5.82 Å². The van der Waals surface area contributed by atoms with E-state index in [2.05, 4.69) is 30.7 Å². The van der Waals surface area contributed by atoms with E-state index >= 15 is 0 Å². The zero-order chi connectivity index (χ0) is 19.4. The number of nitrogens with zero attached hydrogens (tertiary/aromatic N) is 5. The van der Waals surface area contributed by atoms with E-state index in [9.17, 15) is 13.2 Å². The van der Waals surface area contributed by atoms with Gasteiger partial charge in [-0.3, -0.25) is 4.98 Å². The lowest BCUT2D eigenvalue weighted by atomic mass is 10.2. The quantitative estimate of drug-likeness (QED) is 0.642. The molecular formula is C17H18F3N7. The van der Waals surface area contributed by atoms with Crippen molar-refractivity contribution in [1.29, 1.82) is 0 Å². The van der Waals surface area contributed by atoms with Gasteiger partial charge >= 0.3 is 6.18 Å². The number of alkyl halides is 3. The van der Waals surface area contributed by atoms with Crippen LogP contribution in [-0.2, 0) is 6.18 Å². The van der Waals surface area contributed by atoms with Crippen LogP contribution in [0.4, 0.5) is 24.8 Å². The summed E-state index contributed by atoms with van der Waals surface area (Å²) in [7, 11) is 0. The molecule has 0 aliphatic heterocycles. The first-order chi connectivity index (χ1) is 12.8. The third-order valence-corrected chi connectivity index (χ3v) is 3.69. The molecule has 0 aliphatic rings. The van der Waals surface area contributed by atoms with E-state index in [-0.39, 0.29) is 12.4 Å². The van der Waals surface area contributed by atoms with Crippen molar-refractivity contribution in [1.82, 2.24) is 24.7 Å². The molecule has 3 heterocycles. The van der Waals surface area contributed by atoms with Gasteiger partial charge in [0.1, 0.15) is 11.6 Å². The number of pyridine rings is 1.